The molecular weight excluding hydrogens is 324 g/mol. The summed E-state index contributed by atoms with van der Waals surface area (Å²) in [5, 5.41) is 1.03. The Morgan fingerprint density at radius 3 is 2.67 bits per heavy atom. The number of para-hydroxylation sites is 1. The van der Waals surface area contributed by atoms with Gasteiger partial charge in [0.2, 0.25) is 5.91 Å². The number of fused-ring (bicyclic) bond motifs is 1. The third kappa shape index (κ3) is 3.64. The van der Waals surface area contributed by atoms with Crippen LogP contribution >= 0.6 is 0 Å². The van der Waals surface area contributed by atoms with E-state index in [1.807, 2.05) is 30.3 Å². The molecule has 0 spiro atoms. The zero-order chi connectivity index (χ0) is 17.2. The van der Waals surface area contributed by atoms with E-state index in [2.05, 4.69) is 4.98 Å². The molecule has 1 fully saturated rings. The lowest BCUT2D eigenvalue weighted by Gasteiger charge is -2.30. The summed E-state index contributed by atoms with van der Waals surface area (Å²) in [7, 11) is -1.19. The van der Waals surface area contributed by atoms with Crippen LogP contribution in [0.15, 0.2) is 42.6 Å². The van der Waals surface area contributed by atoms with Gasteiger partial charge in [-0.05, 0) is 25.0 Å². The molecule has 6 heteroatoms. The molecule has 5 nitrogen and oxygen atoms in total. The predicted molar refractivity (Wildman–Crippen MR) is 95.2 cm³/mol. The fraction of sp³-hybridized carbons (Fsp3) is 0.333. The molecule has 1 amide bonds. The van der Waals surface area contributed by atoms with Crippen LogP contribution < -0.4 is 0 Å². The number of carbonyl (C=O) groups is 1. The van der Waals surface area contributed by atoms with Crippen LogP contribution in [0.3, 0.4) is 0 Å². The number of hydrogen-bond acceptors (Lipinski definition) is 4. The first kappa shape index (κ1) is 16.6. The van der Waals surface area contributed by atoms with E-state index in [0.29, 0.717) is 12.8 Å². The second-order valence-electron chi connectivity index (χ2n) is 6.09. The van der Waals surface area contributed by atoms with Crippen molar-refractivity contribution in [3.05, 3.63) is 48.2 Å². The van der Waals surface area contributed by atoms with Gasteiger partial charge in [-0.1, -0.05) is 24.3 Å². The summed E-state index contributed by atoms with van der Waals surface area (Å²) in [6.45, 7) is 0. The zero-order valence-electron chi connectivity index (χ0n) is 13.6. The van der Waals surface area contributed by atoms with Crippen molar-refractivity contribution in [2.24, 2.45) is 0 Å². The molecule has 0 unspecified atom stereocenters. The summed E-state index contributed by atoms with van der Waals surface area (Å²) in [4.78, 5) is 18.4. The molecule has 2 aromatic rings. The van der Waals surface area contributed by atoms with E-state index in [4.69, 9.17) is 0 Å². The van der Waals surface area contributed by atoms with Crippen LogP contribution in [0.2, 0.25) is 0 Å². The van der Waals surface area contributed by atoms with E-state index in [9.17, 15) is 13.2 Å². The predicted octanol–water partition coefficient (Wildman–Crippen LogP) is 2.28. The van der Waals surface area contributed by atoms with Crippen molar-refractivity contribution in [1.29, 1.82) is 0 Å². The standard InChI is InChI=1S/C18H20N2O3S/c1-20(16-9-12-24(22,23)13-10-16)17(21)8-7-15-5-2-4-14-6-3-11-19-18(14)15/h2-8,11,16H,9-10,12-13H2,1H3/b8-7-. The molecule has 0 N–H and O–H groups in total. The highest BCUT2D eigenvalue weighted by Gasteiger charge is 2.27. The fourth-order valence-electron chi connectivity index (χ4n) is 2.99. The van der Waals surface area contributed by atoms with E-state index < -0.39 is 9.84 Å². The Bertz CT molecular complexity index is 871. The average molecular weight is 344 g/mol. The lowest BCUT2D eigenvalue weighted by molar-refractivity contribution is -0.126. The lowest BCUT2D eigenvalue weighted by atomic mass is 10.1. The monoisotopic (exact) mass is 344 g/mol. The van der Waals surface area contributed by atoms with Gasteiger partial charge in [0.15, 0.2) is 0 Å². The number of nitrogens with zero attached hydrogens (tertiary/aromatic N) is 2. The largest absolute Gasteiger partial charge is 0.339 e. The molecule has 0 saturated carbocycles. The summed E-state index contributed by atoms with van der Waals surface area (Å²) in [5.41, 5.74) is 1.75. The van der Waals surface area contributed by atoms with Crippen molar-refractivity contribution >= 4 is 32.7 Å². The Morgan fingerprint density at radius 2 is 1.92 bits per heavy atom. The van der Waals surface area contributed by atoms with Gasteiger partial charge < -0.3 is 4.90 Å². The number of amides is 1. The van der Waals surface area contributed by atoms with E-state index >= 15 is 0 Å². The first-order valence-corrected chi connectivity index (χ1v) is 9.77. The van der Waals surface area contributed by atoms with Gasteiger partial charge in [-0.3, -0.25) is 9.78 Å². The van der Waals surface area contributed by atoms with Crippen LogP contribution in [0.4, 0.5) is 0 Å². The Kier molecular flexibility index (Phi) is 4.66. The maximum Gasteiger partial charge on any atom is 0.246 e. The second-order valence-corrected chi connectivity index (χ2v) is 8.39. The molecule has 1 aliphatic heterocycles. The quantitative estimate of drug-likeness (QED) is 0.801. The van der Waals surface area contributed by atoms with Gasteiger partial charge in [0.25, 0.3) is 0 Å². The molecule has 3 rings (SSSR count). The fourth-order valence-corrected chi connectivity index (χ4v) is 4.45. The topological polar surface area (TPSA) is 67.3 Å². The highest BCUT2D eigenvalue weighted by Crippen LogP contribution is 2.19. The molecule has 1 aromatic carbocycles. The van der Waals surface area contributed by atoms with Crippen LogP contribution in [0, 0.1) is 0 Å². The number of likely N-dealkylation sites (N-methyl/N-ethyl adjacent to an activating group) is 1. The first-order chi connectivity index (χ1) is 11.5. The molecule has 1 aliphatic rings. The Labute approximate surface area is 141 Å². The number of aromatic nitrogens is 1. The van der Waals surface area contributed by atoms with Crippen molar-refractivity contribution in [2.75, 3.05) is 18.6 Å². The molecule has 24 heavy (non-hydrogen) atoms. The normalized spacial score (nSPS) is 18.0. The van der Waals surface area contributed by atoms with Crippen molar-refractivity contribution in [3.63, 3.8) is 0 Å². The van der Waals surface area contributed by atoms with Gasteiger partial charge in [-0.15, -0.1) is 0 Å². The molecule has 126 valence electrons. The van der Waals surface area contributed by atoms with Crippen LogP contribution in [0.5, 0.6) is 0 Å². The molecule has 1 aromatic heterocycles. The smallest absolute Gasteiger partial charge is 0.246 e. The van der Waals surface area contributed by atoms with Crippen LogP contribution in [0.1, 0.15) is 18.4 Å². The number of hydrogen-bond donors (Lipinski definition) is 0. The molecule has 0 aliphatic carbocycles. The molecular formula is C18H20N2O3S. The van der Waals surface area contributed by atoms with Gasteiger partial charge in [0.05, 0.1) is 17.0 Å². The minimum atomic E-state index is -2.92. The maximum absolute atomic E-state index is 12.4. The summed E-state index contributed by atoms with van der Waals surface area (Å²) in [6, 6.07) is 9.69. The number of benzene rings is 1. The Hall–Kier alpha value is -2.21. The lowest BCUT2D eigenvalue weighted by Crippen LogP contribution is -2.41. The summed E-state index contributed by atoms with van der Waals surface area (Å²) >= 11 is 0. The van der Waals surface area contributed by atoms with Crippen LogP contribution in [0.25, 0.3) is 17.0 Å². The maximum atomic E-state index is 12.4. The first-order valence-electron chi connectivity index (χ1n) is 7.95. The number of pyridine rings is 1. The molecule has 1 saturated heterocycles. The summed E-state index contributed by atoms with van der Waals surface area (Å²) in [5.74, 6) is 0.200. The molecule has 2 heterocycles. The summed E-state index contributed by atoms with van der Waals surface area (Å²) in [6.07, 6.45) is 6.05. The van der Waals surface area contributed by atoms with E-state index in [-0.39, 0.29) is 23.5 Å². The number of rotatable bonds is 3. The van der Waals surface area contributed by atoms with E-state index in [1.54, 1.807) is 24.2 Å². The van der Waals surface area contributed by atoms with E-state index in [0.717, 1.165) is 16.5 Å². The zero-order valence-corrected chi connectivity index (χ0v) is 14.4. The van der Waals surface area contributed by atoms with Gasteiger partial charge >= 0.3 is 0 Å². The minimum Gasteiger partial charge on any atom is -0.339 e. The van der Waals surface area contributed by atoms with Crippen molar-refractivity contribution in [3.8, 4) is 0 Å². The van der Waals surface area contributed by atoms with Crippen LogP contribution in [-0.2, 0) is 14.6 Å². The molecule has 0 bridgehead atoms. The highest BCUT2D eigenvalue weighted by atomic mass is 32.2. The minimum absolute atomic E-state index is 0.0173. The third-order valence-electron chi connectivity index (χ3n) is 4.49. The van der Waals surface area contributed by atoms with Gasteiger partial charge in [-0.2, -0.15) is 0 Å². The number of sulfone groups is 1. The third-order valence-corrected chi connectivity index (χ3v) is 6.20. The van der Waals surface area contributed by atoms with Gasteiger partial charge in [-0.25, -0.2) is 8.42 Å². The van der Waals surface area contributed by atoms with Crippen LogP contribution in [-0.4, -0.2) is 48.8 Å². The van der Waals surface area contributed by atoms with Crippen molar-refractivity contribution in [2.45, 2.75) is 18.9 Å². The number of carbonyl (C=O) groups excluding carboxylic acids is 1. The second kappa shape index (κ2) is 6.73. The highest BCUT2D eigenvalue weighted by molar-refractivity contribution is 7.91. The van der Waals surface area contributed by atoms with Gasteiger partial charge in [0, 0.05) is 36.3 Å². The average Bonchev–Trinajstić information content (AvgIpc) is 2.59. The molecule has 0 radical (unpaired) electrons. The summed E-state index contributed by atoms with van der Waals surface area (Å²) < 4.78 is 23.0. The van der Waals surface area contributed by atoms with Crippen molar-refractivity contribution < 1.29 is 13.2 Å². The Balaban J connectivity index is 1.73. The van der Waals surface area contributed by atoms with Gasteiger partial charge in [0.1, 0.15) is 9.84 Å². The Morgan fingerprint density at radius 1 is 1.21 bits per heavy atom. The molecule has 0 atom stereocenters. The SMILES string of the molecule is CN(C(=O)/C=C\c1cccc2cccnc12)C1CCS(=O)(=O)CC1. The van der Waals surface area contributed by atoms with Crippen molar-refractivity contribution in [1.82, 2.24) is 9.88 Å². The van der Waals surface area contributed by atoms with E-state index in [1.165, 1.54) is 6.08 Å².